The van der Waals surface area contributed by atoms with Crippen molar-refractivity contribution in [1.82, 2.24) is 4.90 Å². The highest BCUT2D eigenvalue weighted by molar-refractivity contribution is 7.92. The van der Waals surface area contributed by atoms with E-state index in [0.717, 1.165) is 48.4 Å². The first-order valence-corrected chi connectivity index (χ1v) is 12.2. The quantitative estimate of drug-likeness (QED) is 0.513. The van der Waals surface area contributed by atoms with E-state index in [1.807, 2.05) is 24.3 Å². The summed E-state index contributed by atoms with van der Waals surface area (Å²) < 4.78 is 46.3. The molecule has 6 nitrogen and oxygen atoms in total. The van der Waals surface area contributed by atoms with Gasteiger partial charge in [0.1, 0.15) is 11.6 Å². The molecule has 0 radical (unpaired) electrons. The fourth-order valence-corrected chi connectivity index (χ4v) is 5.22. The number of sulfonamides is 1. The molecule has 33 heavy (non-hydrogen) atoms. The number of nitrogens with one attached hydrogen (secondary N) is 1. The van der Waals surface area contributed by atoms with Gasteiger partial charge in [-0.3, -0.25) is 9.52 Å². The standard InChI is InChI=1S/C24H22ClFN2O4S/c1-32-19-5-2-4-16(14-19)23-6-3-13-28(23)24(29)17-7-12-21(25)22(15-17)27-33(30,31)20-10-8-18(26)9-11-20/h2,4-5,7-12,14-15,23,27H,3,6,13H2,1H3. The zero-order valence-corrected chi connectivity index (χ0v) is 19.4. The van der Waals surface area contributed by atoms with Crippen molar-refractivity contribution in [2.75, 3.05) is 18.4 Å². The minimum atomic E-state index is -4.02. The van der Waals surface area contributed by atoms with E-state index in [-0.39, 0.29) is 27.6 Å². The molecule has 4 rings (SSSR count). The summed E-state index contributed by atoms with van der Waals surface area (Å²) in [5.41, 5.74) is 1.36. The molecule has 1 unspecified atom stereocenters. The summed E-state index contributed by atoms with van der Waals surface area (Å²) in [6.45, 7) is 0.583. The van der Waals surface area contributed by atoms with Gasteiger partial charge in [0, 0.05) is 12.1 Å². The lowest BCUT2D eigenvalue weighted by atomic mass is 10.0. The number of benzene rings is 3. The first kappa shape index (κ1) is 23.1. The van der Waals surface area contributed by atoms with Gasteiger partial charge in [-0.15, -0.1) is 0 Å². The van der Waals surface area contributed by atoms with Crippen LogP contribution in [0.5, 0.6) is 5.75 Å². The summed E-state index contributed by atoms with van der Waals surface area (Å²) in [5, 5.41) is 0.142. The first-order valence-electron chi connectivity index (χ1n) is 10.3. The van der Waals surface area contributed by atoms with Crippen LogP contribution in [0.1, 0.15) is 34.8 Å². The molecule has 1 aliphatic heterocycles. The number of carbonyl (C=O) groups excluding carboxylic acids is 1. The molecule has 0 aliphatic carbocycles. The molecule has 0 aromatic heterocycles. The Morgan fingerprint density at radius 3 is 2.61 bits per heavy atom. The number of rotatable bonds is 6. The number of likely N-dealkylation sites (tertiary alicyclic amines) is 1. The van der Waals surface area contributed by atoms with Crippen LogP contribution in [0.15, 0.2) is 71.6 Å². The molecule has 1 aliphatic rings. The number of hydrogen-bond donors (Lipinski definition) is 1. The average molecular weight is 489 g/mol. The molecule has 9 heteroatoms. The van der Waals surface area contributed by atoms with Crippen molar-refractivity contribution in [1.29, 1.82) is 0 Å². The van der Waals surface area contributed by atoms with E-state index in [0.29, 0.717) is 12.1 Å². The van der Waals surface area contributed by atoms with E-state index in [1.165, 1.54) is 12.1 Å². The topological polar surface area (TPSA) is 75.7 Å². The third kappa shape index (κ3) is 4.96. The van der Waals surface area contributed by atoms with E-state index in [4.69, 9.17) is 16.3 Å². The predicted molar refractivity (Wildman–Crippen MR) is 125 cm³/mol. The second-order valence-corrected chi connectivity index (χ2v) is 9.78. The summed E-state index contributed by atoms with van der Waals surface area (Å²) in [7, 11) is -2.42. The number of ether oxygens (including phenoxy) is 1. The second-order valence-electron chi connectivity index (χ2n) is 7.69. The number of halogens is 2. The van der Waals surface area contributed by atoms with Crippen molar-refractivity contribution in [2.24, 2.45) is 0 Å². The third-order valence-corrected chi connectivity index (χ3v) is 7.28. The van der Waals surface area contributed by atoms with Crippen molar-refractivity contribution >= 4 is 33.2 Å². The van der Waals surface area contributed by atoms with E-state index < -0.39 is 15.8 Å². The lowest BCUT2D eigenvalue weighted by molar-refractivity contribution is 0.0735. The Morgan fingerprint density at radius 2 is 1.88 bits per heavy atom. The Morgan fingerprint density at radius 1 is 1.12 bits per heavy atom. The Bertz CT molecular complexity index is 1280. The number of nitrogens with zero attached hydrogens (tertiary/aromatic N) is 1. The van der Waals surface area contributed by atoms with Gasteiger partial charge >= 0.3 is 0 Å². The monoisotopic (exact) mass is 488 g/mol. The van der Waals surface area contributed by atoms with Crippen LogP contribution in [-0.4, -0.2) is 32.9 Å². The van der Waals surface area contributed by atoms with Gasteiger partial charge in [-0.1, -0.05) is 23.7 Å². The highest BCUT2D eigenvalue weighted by Gasteiger charge is 2.31. The summed E-state index contributed by atoms with van der Waals surface area (Å²) in [6.07, 6.45) is 1.67. The van der Waals surface area contributed by atoms with Crippen LogP contribution in [0.25, 0.3) is 0 Å². The average Bonchev–Trinajstić information content (AvgIpc) is 3.30. The minimum absolute atomic E-state index is 0.0731. The van der Waals surface area contributed by atoms with Gasteiger partial charge < -0.3 is 9.64 Å². The van der Waals surface area contributed by atoms with Crippen molar-refractivity contribution in [2.45, 2.75) is 23.8 Å². The van der Waals surface area contributed by atoms with E-state index in [1.54, 1.807) is 18.1 Å². The molecule has 0 saturated carbocycles. The van der Waals surface area contributed by atoms with Crippen LogP contribution in [0, 0.1) is 5.82 Å². The Hall–Kier alpha value is -3.10. The molecule has 0 spiro atoms. The Balaban J connectivity index is 1.60. The van der Waals surface area contributed by atoms with Gasteiger partial charge in [0.15, 0.2) is 0 Å². The normalized spacial score (nSPS) is 16.0. The molecular formula is C24H22ClFN2O4S. The maximum atomic E-state index is 13.4. The van der Waals surface area contributed by atoms with Crippen molar-refractivity contribution < 1.29 is 22.3 Å². The number of hydrogen-bond acceptors (Lipinski definition) is 4. The van der Waals surface area contributed by atoms with Crippen molar-refractivity contribution in [3.63, 3.8) is 0 Å². The molecule has 1 amide bonds. The first-order chi connectivity index (χ1) is 15.8. The maximum Gasteiger partial charge on any atom is 0.261 e. The van der Waals surface area contributed by atoms with Crippen LogP contribution < -0.4 is 9.46 Å². The molecule has 1 heterocycles. The van der Waals surface area contributed by atoms with Crippen LogP contribution in [-0.2, 0) is 10.0 Å². The minimum Gasteiger partial charge on any atom is -0.497 e. The number of amides is 1. The SMILES string of the molecule is COc1cccc(C2CCCN2C(=O)c2ccc(Cl)c(NS(=O)(=O)c3ccc(F)cc3)c2)c1. The lowest BCUT2D eigenvalue weighted by Crippen LogP contribution is -2.30. The highest BCUT2D eigenvalue weighted by Crippen LogP contribution is 2.35. The maximum absolute atomic E-state index is 13.4. The largest absolute Gasteiger partial charge is 0.497 e. The fourth-order valence-electron chi connectivity index (χ4n) is 3.92. The molecule has 1 N–H and O–H groups in total. The van der Waals surface area contributed by atoms with Crippen molar-refractivity contribution in [3.8, 4) is 5.75 Å². The van der Waals surface area contributed by atoms with E-state index >= 15 is 0 Å². The van der Waals surface area contributed by atoms with E-state index in [9.17, 15) is 17.6 Å². The summed E-state index contributed by atoms with van der Waals surface area (Å²) in [6, 6.07) is 16.4. The zero-order chi connectivity index (χ0) is 23.6. The summed E-state index contributed by atoms with van der Waals surface area (Å²) in [4.78, 5) is 15.0. The van der Waals surface area contributed by atoms with Crippen LogP contribution >= 0.6 is 11.6 Å². The van der Waals surface area contributed by atoms with Crippen LogP contribution in [0.4, 0.5) is 10.1 Å². The number of carbonyl (C=O) groups is 1. The smallest absolute Gasteiger partial charge is 0.261 e. The Kier molecular flexibility index (Phi) is 6.58. The van der Waals surface area contributed by atoms with Gasteiger partial charge in [0.2, 0.25) is 0 Å². The zero-order valence-electron chi connectivity index (χ0n) is 17.8. The van der Waals surface area contributed by atoms with Gasteiger partial charge in [0.25, 0.3) is 15.9 Å². The molecule has 1 saturated heterocycles. The number of anilines is 1. The van der Waals surface area contributed by atoms with Crippen molar-refractivity contribution in [3.05, 3.63) is 88.7 Å². The highest BCUT2D eigenvalue weighted by atomic mass is 35.5. The van der Waals surface area contributed by atoms with Gasteiger partial charge in [-0.25, -0.2) is 12.8 Å². The van der Waals surface area contributed by atoms with Crippen LogP contribution in [0.2, 0.25) is 5.02 Å². The molecule has 3 aromatic carbocycles. The van der Waals surface area contributed by atoms with Gasteiger partial charge in [0.05, 0.1) is 28.8 Å². The molecule has 172 valence electrons. The molecule has 1 fully saturated rings. The number of methoxy groups -OCH3 is 1. The second kappa shape index (κ2) is 9.41. The summed E-state index contributed by atoms with van der Waals surface area (Å²) >= 11 is 6.21. The van der Waals surface area contributed by atoms with Crippen LogP contribution in [0.3, 0.4) is 0 Å². The fraction of sp³-hybridized carbons (Fsp3) is 0.208. The third-order valence-electron chi connectivity index (χ3n) is 5.57. The molecular weight excluding hydrogens is 467 g/mol. The van der Waals surface area contributed by atoms with E-state index in [2.05, 4.69) is 4.72 Å². The predicted octanol–water partition coefficient (Wildman–Crippen LogP) is 5.27. The molecule has 0 bridgehead atoms. The van der Waals surface area contributed by atoms with Gasteiger partial charge in [-0.2, -0.15) is 0 Å². The summed E-state index contributed by atoms with van der Waals surface area (Å²) in [5.74, 6) is -0.0502. The lowest BCUT2D eigenvalue weighted by Gasteiger charge is -2.26. The molecule has 1 atom stereocenters. The molecule has 3 aromatic rings. The van der Waals surface area contributed by atoms with Gasteiger partial charge in [-0.05, 0) is 73.0 Å². The Labute approximate surface area is 197 Å².